The minimum atomic E-state index is -3.92. The third kappa shape index (κ3) is 5.61. The molecule has 0 heterocycles. The van der Waals surface area contributed by atoms with Gasteiger partial charge in [-0.1, -0.05) is 30.1 Å². The van der Waals surface area contributed by atoms with E-state index in [1.54, 1.807) is 13.8 Å². The maximum absolute atomic E-state index is 12.7. The molecule has 130 valence electrons. The van der Waals surface area contributed by atoms with E-state index in [4.69, 9.17) is 27.9 Å². The third-order valence-corrected chi connectivity index (χ3v) is 5.65. The molecule has 23 heavy (non-hydrogen) atoms. The number of carbonyl (C=O) groups is 1. The van der Waals surface area contributed by atoms with Crippen LogP contribution in [0, 0.1) is 0 Å². The summed E-state index contributed by atoms with van der Waals surface area (Å²) >= 11 is 11.8. The van der Waals surface area contributed by atoms with Crippen LogP contribution in [0.1, 0.15) is 13.8 Å². The Balaban J connectivity index is 2.95. The van der Waals surface area contributed by atoms with Crippen molar-refractivity contribution >= 4 is 39.1 Å². The van der Waals surface area contributed by atoms with Crippen LogP contribution in [-0.4, -0.2) is 51.5 Å². The van der Waals surface area contributed by atoms with E-state index in [0.717, 1.165) is 4.31 Å². The highest BCUT2D eigenvalue weighted by Gasteiger charge is 2.28. The molecule has 1 N–H and O–H groups in total. The van der Waals surface area contributed by atoms with Crippen LogP contribution in [-0.2, 0) is 19.6 Å². The lowest BCUT2D eigenvalue weighted by Gasteiger charge is -2.22. The molecule has 0 saturated carbocycles. The standard InChI is InChI=1S/C14H20Cl2N2O4S/c1-4-18(8-14(19)17-10(2)9-22-3)23(20,21)13-7-11(15)5-6-12(13)16/h5-7,10H,4,8-9H2,1-3H3,(H,17,19)/t10-/m0/s1. The van der Waals surface area contributed by atoms with E-state index in [1.165, 1.54) is 25.3 Å². The van der Waals surface area contributed by atoms with Gasteiger partial charge in [0.15, 0.2) is 0 Å². The molecule has 0 aromatic heterocycles. The summed E-state index contributed by atoms with van der Waals surface area (Å²) in [5, 5.41) is 2.97. The van der Waals surface area contributed by atoms with Gasteiger partial charge in [0.05, 0.1) is 18.2 Å². The first-order valence-corrected chi connectivity index (χ1v) is 9.15. The lowest BCUT2D eigenvalue weighted by molar-refractivity contribution is -0.122. The van der Waals surface area contributed by atoms with Crippen LogP contribution in [0.15, 0.2) is 23.1 Å². The summed E-state index contributed by atoms with van der Waals surface area (Å²) in [5.74, 6) is -0.418. The van der Waals surface area contributed by atoms with Crippen LogP contribution in [0.25, 0.3) is 0 Å². The van der Waals surface area contributed by atoms with Crippen molar-refractivity contribution in [3.63, 3.8) is 0 Å². The Bertz CT molecular complexity index is 652. The van der Waals surface area contributed by atoms with E-state index in [9.17, 15) is 13.2 Å². The average Bonchev–Trinajstić information content (AvgIpc) is 2.47. The second-order valence-corrected chi connectivity index (χ2v) is 7.68. The molecule has 1 amide bonds. The molecule has 0 unspecified atom stereocenters. The quantitative estimate of drug-likeness (QED) is 0.747. The van der Waals surface area contributed by atoms with Crippen molar-refractivity contribution in [1.29, 1.82) is 0 Å². The molecule has 1 aromatic rings. The van der Waals surface area contributed by atoms with Crippen LogP contribution in [0.3, 0.4) is 0 Å². The number of nitrogens with one attached hydrogen (secondary N) is 1. The number of methoxy groups -OCH3 is 1. The molecule has 0 spiro atoms. The Labute approximate surface area is 146 Å². The molecular formula is C14H20Cl2N2O4S. The number of ether oxygens (including phenoxy) is 1. The SMILES string of the molecule is CCN(CC(=O)N[C@@H](C)COC)S(=O)(=O)c1cc(Cl)ccc1Cl. The summed E-state index contributed by atoms with van der Waals surface area (Å²) < 4.78 is 31.3. The Morgan fingerprint density at radius 2 is 2.04 bits per heavy atom. The number of halogens is 2. The van der Waals surface area contributed by atoms with E-state index in [2.05, 4.69) is 5.32 Å². The average molecular weight is 383 g/mol. The first-order chi connectivity index (χ1) is 10.7. The van der Waals surface area contributed by atoms with Gasteiger partial charge < -0.3 is 10.1 Å². The maximum Gasteiger partial charge on any atom is 0.245 e. The summed E-state index contributed by atoms with van der Waals surface area (Å²) in [4.78, 5) is 11.9. The van der Waals surface area contributed by atoms with Crippen molar-refractivity contribution in [2.24, 2.45) is 0 Å². The Morgan fingerprint density at radius 1 is 1.39 bits per heavy atom. The molecule has 0 aliphatic rings. The summed E-state index contributed by atoms with van der Waals surface area (Å²) in [5.41, 5.74) is 0. The number of benzene rings is 1. The van der Waals surface area contributed by atoms with Gasteiger partial charge in [0, 0.05) is 24.7 Å². The minimum Gasteiger partial charge on any atom is -0.383 e. The van der Waals surface area contributed by atoms with Gasteiger partial charge in [-0.15, -0.1) is 0 Å². The van der Waals surface area contributed by atoms with Gasteiger partial charge in [0.1, 0.15) is 4.90 Å². The van der Waals surface area contributed by atoms with Crippen LogP contribution in [0.2, 0.25) is 10.0 Å². The van der Waals surface area contributed by atoms with E-state index in [-0.39, 0.29) is 34.1 Å². The Kier molecular flexibility index (Phi) is 7.76. The number of carbonyl (C=O) groups excluding carboxylic acids is 1. The Hall–Kier alpha value is -0.860. The molecule has 9 heteroatoms. The van der Waals surface area contributed by atoms with Gasteiger partial charge in [-0.2, -0.15) is 4.31 Å². The van der Waals surface area contributed by atoms with Crippen LogP contribution < -0.4 is 5.32 Å². The molecule has 0 aliphatic heterocycles. The fourth-order valence-electron chi connectivity index (χ4n) is 1.95. The van der Waals surface area contributed by atoms with E-state index < -0.39 is 15.9 Å². The molecule has 0 bridgehead atoms. The largest absolute Gasteiger partial charge is 0.383 e. The normalized spacial score (nSPS) is 13.1. The molecule has 1 atom stereocenters. The summed E-state index contributed by atoms with van der Waals surface area (Å²) in [6, 6.07) is 3.96. The van der Waals surface area contributed by atoms with Crippen molar-refractivity contribution in [2.75, 3.05) is 26.8 Å². The van der Waals surface area contributed by atoms with Gasteiger partial charge in [0.25, 0.3) is 0 Å². The number of sulfonamides is 1. The zero-order chi connectivity index (χ0) is 17.6. The zero-order valence-electron chi connectivity index (χ0n) is 13.2. The fourth-order valence-corrected chi connectivity index (χ4v) is 4.10. The second kappa shape index (κ2) is 8.84. The molecule has 0 saturated heterocycles. The van der Waals surface area contributed by atoms with Gasteiger partial charge in [0.2, 0.25) is 15.9 Å². The third-order valence-electron chi connectivity index (χ3n) is 3.01. The maximum atomic E-state index is 12.7. The van der Waals surface area contributed by atoms with Gasteiger partial charge >= 0.3 is 0 Å². The molecule has 6 nitrogen and oxygen atoms in total. The Morgan fingerprint density at radius 3 is 2.61 bits per heavy atom. The van der Waals surface area contributed by atoms with Crippen molar-refractivity contribution < 1.29 is 17.9 Å². The fraction of sp³-hybridized carbons (Fsp3) is 0.500. The highest BCUT2D eigenvalue weighted by molar-refractivity contribution is 7.89. The topological polar surface area (TPSA) is 75.7 Å². The molecular weight excluding hydrogens is 363 g/mol. The predicted octanol–water partition coefficient (Wildman–Crippen LogP) is 2.16. The van der Waals surface area contributed by atoms with Crippen molar-refractivity contribution in [1.82, 2.24) is 9.62 Å². The smallest absolute Gasteiger partial charge is 0.245 e. The second-order valence-electron chi connectivity index (χ2n) is 4.93. The lowest BCUT2D eigenvalue weighted by atomic mass is 10.3. The molecule has 1 aromatic carbocycles. The van der Waals surface area contributed by atoms with Crippen LogP contribution >= 0.6 is 23.2 Å². The van der Waals surface area contributed by atoms with Gasteiger partial charge in [-0.3, -0.25) is 4.79 Å². The van der Waals surface area contributed by atoms with E-state index in [1.807, 2.05) is 0 Å². The summed E-state index contributed by atoms with van der Waals surface area (Å²) in [7, 11) is -2.40. The predicted molar refractivity (Wildman–Crippen MR) is 90.4 cm³/mol. The number of nitrogens with zero attached hydrogens (tertiary/aromatic N) is 1. The first-order valence-electron chi connectivity index (χ1n) is 6.95. The number of amides is 1. The summed E-state index contributed by atoms with van der Waals surface area (Å²) in [6.07, 6.45) is 0. The molecule has 0 fully saturated rings. The minimum absolute atomic E-state index is 0.0565. The van der Waals surface area contributed by atoms with Crippen molar-refractivity contribution in [3.8, 4) is 0 Å². The van der Waals surface area contributed by atoms with Crippen LogP contribution in [0.5, 0.6) is 0 Å². The highest BCUT2D eigenvalue weighted by atomic mass is 35.5. The molecule has 1 rings (SSSR count). The lowest BCUT2D eigenvalue weighted by Crippen LogP contribution is -2.44. The van der Waals surface area contributed by atoms with Crippen molar-refractivity contribution in [3.05, 3.63) is 28.2 Å². The number of likely N-dealkylation sites (N-methyl/N-ethyl adjacent to an activating group) is 1. The zero-order valence-corrected chi connectivity index (χ0v) is 15.5. The van der Waals surface area contributed by atoms with Gasteiger partial charge in [-0.25, -0.2) is 8.42 Å². The molecule has 0 aliphatic carbocycles. The number of hydrogen-bond acceptors (Lipinski definition) is 4. The number of hydrogen-bond donors (Lipinski definition) is 1. The van der Waals surface area contributed by atoms with E-state index in [0.29, 0.717) is 6.61 Å². The number of rotatable bonds is 8. The van der Waals surface area contributed by atoms with Crippen molar-refractivity contribution in [2.45, 2.75) is 24.8 Å². The van der Waals surface area contributed by atoms with Gasteiger partial charge in [-0.05, 0) is 25.1 Å². The van der Waals surface area contributed by atoms with E-state index >= 15 is 0 Å². The first kappa shape index (κ1) is 20.2. The molecule has 0 radical (unpaired) electrons. The highest BCUT2D eigenvalue weighted by Crippen LogP contribution is 2.27. The monoisotopic (exact) mass is 382 g/mol. The summed E-state index contributed by atoms with van der Waals surface area (Å²) in [6.45, 7) is 3.56. The van der Waals surface area contributed by atoms with Crippen LogP contribution in [0.4, 0.5) is 0 Å².